The molecule has 0 radical (unpaired) electrons. The molecular formula is C26H34N4O2S. The number of amides is 1. The fourth-order valence-electron chi connectivity index (χ4n) is 3.89. The predicted molar refractivity (Wildman–Crippen MR) is 135 cm³/mol. The van der Waals surface area contributed by atoms with Gasteiger partial charge >= 0.3 is 0 Å². The maximum absolute atomic E-state index is 12.8. The quantitative estimate of drug-likeness (QED) is 0.376. The molecule has 1 atom stereocenters. The van der Waals surface area contributed by atoms with Gasteiger partial charge in [0.15, 0.2) is 17.1 Å². The van der Waals surface area contributed by atoms with Crippen molar-refractivity contribution in [3.05, 3.63) is 64.5 Å². The number of carbonyl (C=O) groups is 1. The van der Waals surface area contributed by atoms with Crippen molar-refractivity contribution in [3.8, 4) is 5.75 Å². The summed E-state index contributed by atoms with van der Waals surface area (Å²) in [7, 11) is 0. The lowest BCUT2D eigenvalue weighted by atomic mass is 10.0. The number of hydrogen-bond acceptors (Lipinski definition) is 5. The summed E-state index contributed by atoms with van der Waals surface area (Å²) in [6, 6.07) is 12.3. The predicted octanol–water partition coefficient (Wildman–Crippen LogP) is 5.91. The lowest BCUT2D eigenvalue weighted by molar-refractivity contribution is -0.113. The van der Waals surface area contributed by atoms with Gasteiger partial charge in [-0.2, -0.15) is 0 Å². The molecular weight excluding hydrogens is 432 g/mol. The molecule has 1 N–H and O–H groups in total. The second kappa shape index (κ2) is 11.4. The third-order valence-electron chi connectivity index (χ3n) is 5.66. The summed E-state index contributed by atoms with van der Waals surface area (Å²) in [4.78, 5) is 12.8. The van der Waals surface area contributed by atoms with Gasteiger partial charge in [0.25, 0.3) is 0 Å². The summed E-state index contributed by atoms with van der Waals surface area (Å²) in [6.07, 6.45) is 1.50. The Balaban J connectivity index is 1.68. The molecule has 1 aromatic heterocycles. The van der Waals surface area contributed by atoms with Crippen molar-refractivity contribution < 1.29 is 9.53 Å². The molecule has 3 rings (SSSR count). The van der Waals surface area contributed by atoms with Gasteiger partial charge in [-0.05, 0) is 63.3 Å². The average Bonchev–Trinajstić information content (AvgIpc) is 3.22. The Morgan fingerprint density at radius 1 is 1.09 bits per heavy atom. The first-order chi connectivity index (χ1) is 15.9. The number of aryl methyl sites for hydroxylation is 4. The molecule has 176 valence electrons. The van der Waals surface area contributed by atoms with Crippen molar-refractivity contribution in [2.24, 2.45) is 0 Å². The highest BCUT2D eigenvalue weighted by Crippen LogP contribution is 2.28. The summed E-state index contributed by atoms with van der Waals surface area (Å²) < 4.78 is 8.20. The molecule has 2 aromatic carbocycles. The largest absolute Gasteiger partial charge is 0.482 e. The van der Waals surface area contributed by atoms with Gasteiger partial charge in [-0.1, -0.05) is 61.5 Å². The van der Waals surface area contributed by atoms with Gasteiger partial charge in [0.2, 0.25) is 5.91 Å². The number of para-hydroxylation sites is 1. The van der Waals surface area contributed by atoms with Crippen LogP contribution in [0.2, 0.25) is 0 Å². The molecule has 1 unspecified atom stereocenters. The number of anilines is 1. The van der Waals surface area contributed by atoms with Crippen LogP contribution in [0.3, 0.4) is 0 Å². The third-order valence-corrected chi connectivity index (χ3v) is 6.62. The van der Waals surface area contributed by atoms with Crippen LogP contribution in [-0.2, 0) is 24.2 Å². The number of nitrogens with zero attached hydrogens (tertiary/aromatic N) is 3. The Morgan fingerprint density at radius 2 is 1.79 bits per heavy atom. The van der Waals surface area contributed by atoms with E-state index < -0.39 is 0 Å². The molecule has 0 fully saturated rings. The van der Waals surface area contributed by atoms with E-state index >= 15 is 0 Å². The van der Waals surface area contributed by atoms with E-state index in [1.807, 2.05) is 37.5 Å². The Kier molecular flexibility index (Phi) is 8.55. The van der Waals surface area contributed by atoms with Crippen LogP contribution < -0.4 is 10.1 Å². The molecule has 33 heavy (non-hydrogen) atoms. The van der Waals surface area contributed by atoms with Crippen LogP contribution in [0.5, 0.6) is 5.75 Å². The van der Waals surface area contributed by atoms with Crippen LogP contribution in [0, 0.1) is 13.8 Å². The Morgan fingerprint density at radius 3 is 2.39 bits per heavy atom. The first-order valence-corrected chi connectivity index (χ1v) is 12.6. The first-order valence-electron chi connectivity index (χ1n) is 11.6. The minimum absolute atomic E-state index is 0.0395. The van der Waals surface area contributed by atoms with Crippen molar-refractivity contribution >= 4 is 23.4 Å². The van der Waals surface area contributed by atoms with Gasteiger partial charge < -0.3 is 14.6 Å². The third kappa shape index (κ3) is 5.96. The van der Waals surface area contributed by atoms with E-state index in [1.54, 1.807) is 0 Å². The number of ether oxygens (including phenoxy) is 1. The van der Waals surface area contributed by atoms with Gasteiger partial charge in [-0.15, -0.1) is 10.2 Å². The minimum atomic E-state index is -0.259. The maximum atomic E-state index is 12.8. The number of rotatable bonds is 10. The first kappa shape index (κ1) is 24.8. The summed E-state index contributed by atoms with van der Waals surface area (Å²) in [6.45, 7) is 13.0. The SMILES string of the molecule is CCc1cccc(CC)c1NC(=O)CSc1nnc(C(C)Oc2ccc(C)cc2C)n1CC. The monoisotopic (exact) mass is 466 g/mol. The van der Waals surface area contributed by atoms with E-state index in [9.17, 15) is 4.79 Å². The van der Waals surface area contributed by atoms with E-state index in [0.29, 0.717) is 6.54 Å². The maximum Gasteiger partial charge on any atom is 0.234 e. The van der Waals surface area contributed by atoms with Gasteiger partial charge in [0, 0.05) is 12.2 Å². The van der Waals surface area contributed by atoms with Crippen LogP contribution in [0.15, 0.2) is 41.6 Å². The second-order valence-corrected chi connectivity index (χ2v) is 9.05. The zero-order valence-corrected chi connectivity index (χ0v) is 21.3. The number of thioether (sulfide) groups is 1. The van der Waals surface area contributed by atoms with Crippen LogP contribution in [-0.4, -0.2) is 26.4 Å². The zero-order chi connectivity index (χ0) is 24.0. The Bertz CT molecular complexity index is 1090. The molecule has 0 saturated heterocycles. The van der Waals surface area contributed by atoms with Gasteiger partial charge in [-0.25, -0.2) is 0 Å². The highest BCUT2D eigenvalue weighted by Gasteiger charge is 2.20. The molecule has 0 aliphatic heterocycles. The minimum Gasteiger partial charge on any atom is -0.482 e. The van der Waals surface area contributed by atoms with Crippen molar-refractivity contribution in [2.45, 2.75) is 72.2 Å². The van der Waals surface area contributed by atoms with Crippen molar-refractivity contribution in [3.63, 3.8) is 0 Å². The molecule has 0 aliphatic rings. The van der Waals surface area contributed by atoms with Crippen molar-refractivity contribution in [2.75, 3.05) is 11.1 Å². The zero-order valence-electron chi connectivity index (χ0n) is 20.4. The summed E-state index contributed by atoms with van der Waals surface area (Å²) >= 11 is 1.40. The van der Waals surface area contributed by atoms with Gasteiger partial charge in [-0.3, -0.25) is 4.79 Å². The Labute approximate surface area is 201 Å². The highest BCUT2D eigenvalue weighted by atomic mass is 32.2. The van der Waals surface area contributed by atoms with Crippen LogP contribution in [0.1, 0.15) is 61.9 Å². The summed E-state index contributed by atoms with van der Waals surface area (Å²) in [5.41, 5.74) is 5.55. The van der Waals surface area contributed by atoms with E-state index in [-0.39, 0.29) is 17.8 Å². The fourth-order valence-corrected chi connectivity index (χ4v) is 4.70. The van der Waals surface area contributed by atoms with Crippen molar-refractivity contribution in [1.29, 1.82) is 0 Å². The molecule has 0 spiro atoms. The number of aromatic nitrogens is 3. The molecule has 7 heteroatoms. The van der Waals surface area contributed by atoms with E-state index in [2.05, 4.69) is 60.6 Å². The molecule has 0 saturated carbocycles. The molecule has 3 aromatic rings. The molecule has 1 amide bonds. The number of hydrogen-bond donors (Lipinski definition) is 1. The highest BCUT2D eigenvalue weighted by molar-refractivity contribution is 7.99. The normalized spacial score (nSPS) is 11.9. The van der Waals surface area contributed by atoms with Gasteiger partial charge in [0.05, 0.1) is 5.75 Å². The summed E-state index contributed by atoms with van der Waals surface area (Å²) in [5.74, 6) is 1.83. The van der Waals surface area contributed by atoms with Crippen LogP contribution in [0.25, 0.3) is 0 Å². The summed E-state index contributed by atoms with van der Waals surface area (Å²) in [5, 5.41) is 12.6. The van der Waals surface area contributed by atoms with E-state index in [1.165, 1.54) is 17.3 Å². The molecule has 0 aliphatic carbocycles. The number of carbonyl (C=O) groups excluding carboxylic acids is 1. The van der Waals surface area contributed by atoms with E-state index in [0.717, 1.165) is 51.9 Å². The van der Waals surface area contributed by atoms with Crippen molar-refractivity contribution in [1.82, 2.24) is 14.8 Å². The van der Waals surface area contributed by atoms with Gasteiger partial charge in [0.1, 0.15) is 5.75 Å². The smallest absolute Gasteiger partial charge is 0.234 e. The molecule has 1 heterocycles. The number of benzene rings is 2. The lowest BCUT2D eigenvalue weighted by Crippen LogP contribution is -2.17. The second-order valence-electron chi connectivity index (χ2n) is 8.11. The standard InChI is InChI=1S/C26H34N4O2S/c1-7-20-11-10-12-21(8-2)24(20)27-23(31)16-33-26-29-28-25(30(26)9-3)19(6)32-22-14-13-17(4)15-18(22)5/h10-15,19H,7-9,16H2,1-6H3,(H,27,31). The molecule has 0 bridgehead atoms. The topological polar surface area (TPSA) is 69.0 Å². The van der Waals surface area contributed by atoms with Crippen LogP contribution >= 0.6 is 11.8 Å². The molecule has 6 nitrogen and oxygen atoms in total. The number of nitrogens with one attached hydrogen (secondary N) is 1. The fraction of sp³-hybridized carbons (Fsp3) is 0.423. The average molecular weight is 467 g/mol. The van der Waals surface area contributed by atoms with E-state index in [4.69, 9.17) is 4.74 Å². The Hall–Kier alpha value is -2.80. The van der Waals surface area contributed by atoms with Crippen LogP contribution in [0.4, 0.5) is 5.69 Å². The lowest BCUT2D eigenvalue weighted by Gasteiger charge is -2.17.